The summed E-state index contributed by atoms with van der Waals surface area (Å²) in [5.74, 6) is -2.04. The van der Waals surface area contributed by atoms with Gasteiger partial charge in [-0.3, -0.25) is 19.2 Å². The van der Waals surface area contributed by atoms with Crippen LogP contribution in [0.5, 0.6) is 0 Å². The van der Waals surface area contributed by atoms with Crippen molar-refractivity contribution in [1.82, 2.24) is 10.6 Å². The predicted octanol–water partition coefficient (Wildman–Crippen LogP) is 1.67. The molecule has 0 atom stereocenters. The lowest BCUT2D eigenvalue weighted by atomic mass is 10.3. The summed E-state index contributed by atoms with van der Waals surface area (Å²) in [5.41, 5.74) is 0. The molecule has 8 nitrogen and oxygen atoms in total. The van der Waals surface area contributed by atoms with Crippen molar-refractivity contribution >= 4 is 23.8 Å². The lowest BCUT2D eigenvalue weighted by Crippen LogP contribution is -2.31. The van der Waals surface area contributed by atoms with Crippen LogP contribution < -0.4 is 10.6 Å². The lowest BCUT2D eigenvalue weighted by Gasteiger charge is -2.06. The third-order valence-corrected chi connectivity index (χ3v) is 2.14. The van der Waals surface area contributed by atoms with Gasteiger partial charge in [-0.15, -0.1) is 0 Å². The summed E-state index contributed by atoms with van der Waals surface area (Å²) in [6, 6.07) is 0. The number of rotatable bonds is 9. The van der Waals surface area contributed by atoms with Crippen LogP contribution in [0, 0.1) is 0 Å². The first kappa shape index (κ1) is 33.5. The quantitative estimate of drug-likeness (QED) is 0.371. The molecule has 0 unspecified atom stereocenters. The van der Waals surface area contributed by atoms with Gasteiger partial charge >= 0.3 is 11.9 Å². The minimum absolute atomic E-state index is 0. The number of hydrogen-bond acceptors (Lipinski definition) is 6. The van der Waals surface area contributed by atoms with Gasteiger partial charge in [-0.1, -0.05) is 29.7 Å². The van der Waals surface area contributed by atoms with Gasteiger partial charge in [-0.2, -0.15) is 0 Å². The van der Waals surface area contributed by atoms with Crippen LogP contribution in [0.25, 0.3) is 0 Å². The number of amides is 2. The fourth-order valence-corrected chi connectivity index (χ4v) is 1.22. The number of ether oxygens (including phenoxy) is 2. The minimum Gasteiger partial charge on any atom is -0.469 e. The van der Waals surface area contributed by atoms with E-state index in [0.29, 0.717) is 19.5 Å². The van der Waals surface area contributed by atoms with Crippen molar-refractivity contribution in [3.05, 3.63) is 0 Å². The zero-order valence-electron chi connectivity index (χ0n) is 11.7. The Hall–Kier alpha value is -2.12. The average Bonchev–Trinajstić information content (AvgIpc) is 2.38. The van der Waals surface area contributed by atoms with E-state index in [2.05, 4.69) is 20.1 Å². The van der Waals surface area contributed by atoms with Gasteiger partial charge in [0.2, 0.25) is 11.8 Å². The van der Waals surface area contributed by atoms with Gasteiger partial charge < -0.3 is 20.1 Å². The molecule has 0 aliphatic heterocycles. The molecular formula is C16H36N2O6. The zero-order valence-corrected chi connectivity index (χ0v) is 11.7. The molecule has 0 saturated carbocycles. The molecule has 2 amide bonds. The van der Waals surface area contributed by atoms with E-state index in [9.17, 15) is 19.2 Å². The Balaban J connectivity index is -0.000000301. The van der Waals surface area contributed by atoms with E-state index < -0.39 is 23.8 Å². The number of esters is 2. The molecule has 0 fully saturated rings. The molecule has 0 heterocycles. The largest absolute Gasteiger partial charge is 0.469 e. The summed E-state index contributed by atoms with van der Waals surface area (Å²) >= 11 is 0. The zero-order chi connectivity index (χ0) is 15.4. The van der Waals surface area contributed by atoms with Crippen LogP contribution >= 0.6 is 0 Å². The molecule has 8 heteroatoms. The van der Waals surface area contributed by atoms with Crippen LogP contribution in [0.3, 0.4) is 0 Å². The highest BCUT2D eigenvalue weighted by Crippen LogP contribution is 1.87. The lowest BCUT2D eigenvalue weighted by molar-refractivity contribution is -0.146. The van der Waals surface area contributed by atoms with E-state index in [4.69, 9.17) is 0 Å². The number of carbonyl (C=O) groups excluding carboxylic acids is 4. The molecule has 0 rings (SSSR count). The normalized spacial score (nSPS) is 7.92. The third kappa shape index (κ3) is 19.9. The Kier molecular flexibility index (Phi) is 29.1. The van der Waals surface area contributed by atoms with Gasteiger partial charge in [-0.25, -0.2) is 0 Å². The summed E-state index contributed by atoms with van der Waals surface area (Å²) < 4.78 is 8.95. The Morgan fingerprint density at radius 2 is 1.21 bits per heavy atom. The second-order valence-electron chi connectivity index (χ2n) is 3.79. The van der Waals surface area contributed by atoms with Crippen molar-refractivity contribution in [2.45, 2.75) is 55.9 Å². The average molecular weight is 352 g/mol. The van der Waals surface area contributed by atoms with E-state index in [1.165, 1.54) is 7.11 Å². The SMILES string of the molecule is C.C.C.C.CCOC(=O)CC(=O)NCCCNC(=O)CC(=O)OC. The predicted molar refractivity (Wildman–Crippen MR) is 95.4 cm³/mol. The summed E-state index contributed by atoms with van der Waals surface area (Å²) in [4.78, 5) is 44.2. The van der Waals surface area contributed by atoms with Crippen LogP contribution in [-0.2, 0) is 28.7 Å². The first-order valence-corrected chi connectivity index (χ1v) is 6.25. The Morgan fingerprint density at radius 3 is 1.58 bits per heavy atom. The Bertz CT molecular complexity index is 358. The summed E-state index contributed by atoms with van der Waals surface area (Å²) in [6.45, 7) is 2.53. The fourth-order valence-electron chi connectivity index (χ4n) is 1.22. The maximum atomic E-state index is 11.2. The van der Waals surface area contributed by atoms with Crippen molar-refractivity contribution in [1.29, 1.82) is 0 Å². The maximum Gasteiger partial charge on any atom is 0.315 e. The van der Waals surface area contributed by atoms with E-state index in [0.717, 1.165) is 0 Å². The molecule has 24 heavy (non-hydrogen) atoms. The fraction of sp³-hybridized carbons (Fsp3) is 0.750. The van der Waals surface area contributed by atoms with Gasteiger partial charge in [0.25, 0.3) is 0 Å². The van der Waals surface area contributed by atoms with Gasteiger partial charge in [0.1, 0.15) is 12.8 Å². The summed E-state index contributed by atoms with van der Waals surface area (Å²) in [7, 11) is 1.20. The first-order chi connectivity index (χ1) is 9.49. The molecule has 146 valence electrons. The molecular weight excluding hydrogens is 316 g/mol. The van der Waals surface area contributed by atoms with Gasteiger partial charge in [0.15, 0.2) is 0 Å². The summed E-state index contributed by atoms with van der Waals surface area (Å²) in [5, 5.41) is 5.01. The van der Waals surface area contributed by atoms with Crippen molar-refractivity contribution in [2.75, 3.05) is 26.8 Å². The molecule has 0 aliphatic carbocycles. The third-order valence-electron chi connectivity index (χ3n) is 2.14. The minimum atomic E-state index is -0.606. The molecule has 0 spiro atoms. The second-order valence-corrected chi connectivity index (χ2v) is 3.79. The van der Waals surface area contributed by atoms with Gasteiger partial charge in [0, 0.05) is 13.1 Å². The van der Waals surface area contributed by atoms with Crippen LogP contribution in [0.4, 0.5) is 0 Å². The van der Waals surface area contributed by atoms with Crippen LogP contribution in [0.15, 0.2) is 0 Å². The molecule has 0 bridgehead atoms. The molecule has 0 aromatic carbocycles. The first-order valence-electron chi connectivity index (χ1n) is 6.25. The monoisotopic (exact) mass is 352 g/mol. The Morgan fingerprint density at radius 1 is 0.792 bits per heavy atom. The number of nitrogens with one attached hydrogen (secondary N) is 2. The molecule has 0 radical (unpaired) electrons. The van der Waals surface area contributed by atoms with Crippen molar-refractivity contribution < 1.29 is 28.7 Å². The molecule has 0 aromatic rings. The standard InChI is InChI=1S/C12H20N2O6.4CH4/c1-3-20-12(18)8-10(16)14-6-4-5-13-9(15)7-11(17)19-2;;;;/h3-8H2,1-2H3,(H,13,15)(H,14,16);4*1H4. The number of carbonyl (C=O) groups is 4. The maximum absolute atomic E-state index is 11.2. The topological polar surface area (TPSA) is 111 Å². The van der Waals surface area contributed by atoms with Crippen molar-refractivity contribution in [2.24, 2.45) is 0 Å². The number of hydrogen-bond donors (Lipinski definition) is 2. The smallest absolute Gasteiger partial charge is 0.315 e. The van der Waals surface area contributed by atoms with E-state index in [1.54, 1.807) is 6.92 Å². The highest BCUT2D eigenvalue weighted by molar-refractivity contribution is 5.94. The number of methoxy groups -OCH3 is 1. The summed E-state index contributed by atoms with van der Waals surface area (Å²) in [6.07, 6.45) is -0.157. The highest BCUT2D eigenvalue weighted by atomic mass is 16.5. The second kappa shape index (κ2) is 20.9. The van der Waals surface area contributed by atoms with Crippen LogP contribution in [0.2, 0.25) is 0 Å². The molecule has 0 saturated heterocycles. The van der Waals surface area contributed by atoms with E-state index in [-0.39, 0.29) is 49.2 Å². The Labute approximate surface area is 146 Å². The van der Waals surface area contributed by atoms with Crippen molar-refractivity contribution in [3.63, 3.8) is 0 Å². The molecule has 0 aliphatic rings. The van der Waals surface area contributed by atoms with E-state index >= 15 is 0 Å². The van der Waals surface area contributed by atoms with Crippen LogP contribution in [0.1, 0.15) is 55.9 Å². The van der Waals surface area contributed by atoms with E-state index in [1.807, 2.05) is 0 Å². The molecule has 0 aromatic heterocycles. The van der Waals surface area contributed by atoms with Gasteiger partial charge in [-0.05, 0) is 13.3 Å². The molecule has 2 N–H and O–H groups in total. The van der Waals surface area contributed by atoms with Gasteiger partial charge in [0.05, 0.1) is 13.7 Å². The van der Waals surface area contributed by atoms with Crippen molar-refractivity contribution in [3.8, 4) is 0 Å². The van der Waals surface area contributed by atoms with Crippen LogP contribution in [-0.4, -0.2) is 50.6 Å². The highest BCUT2D eigenvalue weighted by Gasteiger charge is 2.10.